The molecule has 0 fully saturated rings. The van der Waals surface area contributed by atoms with Crippen LogP contribution in [0.3, 0.4) is 0 Å². The normalized spacial score (nSPS) is 11.5. The molecule has 0 saturated heterocycles. The molecular weight excluding hydrogens is 385 g/mol. The number of nitrogens with zero attached hydrogens (tertiary/aromatic N) is 1. The Hall–Kier alpha value is -2.86. The molecule has 3 rings (SSSR count). The predicted octanol–water partition coefficient (Wildman–Crippen LogP) is 5.66. The van der Waals surface area contributed by atoms with E-state index < -0.39 is 11.8 Å². The molecule has 0 aliphatic heterocycles. The molecule has 28 heavy (non-hydrogen) atoms. The summed E-state index contributed by atoms with van der Waals surface area (Å²) in [6.45, 7) is 7.50. The van der Waals surface area contributed by atoms with Gasteiger partial charge >= 0.3 is 5.97 Å². The molecule has 1 N–H and O–H groups in total. The van der Waals surface area contributed by atoms with Crippen molar-refractivity contribution >= 4 is 17.6 Å². The molecule has 0 saturated carbocycles. The van der Waals surface area contributed by atoms with Crippen LogP contribution in [0.2, 0.25) is 5.02 Å². The standard InChI is InChI=1S/C21H19ClFNO4/c1-11-17(19(24-28-11)18-13(22)6-5-7-14(18)23)20(26)27-16-9-8-12(10-15(16)25)21(2,3)4/h5-10,25H,1-4H3. The summed E-state index contributed by atoms with van der Waals surface area (Å²) in [4.78, 5) is 12.7. The first-order valence-electron chi connectivity index (χ1n) is 8.56. The third-order valence-corrected chi connectivity index (χ3v) is 4.61. The van der Waals surface area contributed by atoms with E-state index in [4.69, 9.17) is 20.9 Å². The molecule has 5 nitrogen and oxygen atoms in total. The number of carbonyl (C=O) groups is 1. The van der Waals surface area contributed by atoms with Gasteiger partial charge in [-0.05, 0) is 42.2 Å². The van der Waals surface area contributed by atoms with Gasteiger partial charge in [0.05, 0.1) is 10.6 Å². The Morgan fingerprint density at radius 2 is 1.96 bits per heavy atom. The Morgan fingerprint density at radius 3 is 2.57 bits per heavy atom. The summed E-state index contributed by atoms with van der Waals surface area (Å²) in [5, 5.41) is 14.1. The maximum atomic E-state index is 14.3. The number of carbonyl (C=O) groups excluding carboxylic acids is 1. The van der Waals surface area contributed by atoms with Crippen molar-refractivity contribution in [2.45, 2.75) is 33.1 Å². The molecular formula is C21H19ClFNO4. The van der Waals surface area contributed by atoms with E-state index in [-0.39, 0.29) is 44.5 Å². The van der Waals surface area contributed by atoms with Crippen LogP contribution >= 0.6 is 11.6 Å². The zero-order valence-electron chi connectivity index (χ0n) is 15.8. The first-order valence-corrected chi connectivity index (χ1v) is 8.93. The molecule has 0 amide bonds. The summed E-state index contributed by atoms with van der Waals surface area (Å²) < 4.78 is 24.7. The minimum atomic E-state index is -0.841. The summed E-state index contributed by atoms with van der Waals surface area (Å²) in [7, 11) is 0. The van der Waals surface area contributed by atoms with Gasteiger partial charge in [0.2, 0.25) is 0 Å². The van der Waals surface area contributed by atoms with Crippen molar-refractivity contribution in [2.24, 2.45) is 0 Å². The third kappa shape index (κ3) is 3.73. The quantitative estimate of drug-likeness (QED) is 0.451. The number of rotatable bonds is 3. The average molecular weight is 404 g/mol. The number of halogens is 2. The van der Waals surface area contributed by atoms with Crippen LogP contribution in [0.1, 0.15) is 42.5 Å². The number of hydrogen-bond donors (Lipinski definition) is 1. The number of esters is 1. The van der Waals surface area contributed by atoms with Crippen LogP contribution < -0.4 is 4.74 Å². The van der Waals surface area contributed by atoms with Crippen molar-refractivity contribution in [3.05, 3.63) is 64.1 Å². The number of hydrogen-bond acceptors (Lipinski definition) is 5. The van der Waals surface area contributed by atoms with Crippen LogP contribution in [-0.2, 0) is 5.41 Å². The second kappa shape index (κ2) is 7.28. The highest BCUT2D eigenvalue weighted by Gasteiger charge is 2.27. The lowest BCUT2D eigenvalue weighted by Crippen LogP contribution is -2.13. The van der Waals surface area contributed by atoms with Gasteiger partial charge in [-0.3, -0.25) is 0 Å². The molecule has 2 aromatic carbocycles. The summed E-state index contributed by atoms with van der Waals surface area (Å²) in [5.74, 6) is -1.55. The minimum Gasteiger partial charge on any atom is -0.504 e. The molecule has 146 valence electrons. The lowest BCUT2D eigenvalue weighted by Gasteiger charge is -2.19. The van der Waals surface area contributed by atoms with Crippen LogP contribution in [0, 0.1) is 12.7 Å². The third-order valence-electron chi connectivity index (χ3n) is 4.29. The molecule has 0 spiro atoms. The summed E-state index contributed by atoms with van der Waals surface area (Å²) in [6, 6.07) is 8.94. The number of phenolic OH excluding ortho intramolecular Hbond substituents is 1. The first-order chi connectivity index (χ1) is 13.1. The largest absolute Gasteiger partial charge is 0.504 e. The number of aromatic hydroxyl groups is 1. The van der Waals surface area contributed by atoms with E-state index >= 15 is 0 Å². The van der Waals surface area contributed by atoms with Gasteiger partial charge in [0.15, 0.2) is 11.5 Å². The van der Waals surface area contributed by atoms with E-state index in [1.165, 1.54) is 37.3 Å². The Labute approximate surface area is 166 Å². The minimum absolute atomic E-state index is 0.0239. The van der Waals surface area contributed by atoms with Gasteiger partial charge < -0.3 is 14.4 Å². The molecule has 1 aromatic heterocycles. The van der Waals surface area contributed by atoms with E-state index in [9.17, 15) is 14.3 Å². The van der Waals surface area contributed by atoms with Crippen LogP contribution in [0.5, 0.6) is 11.5 Å². The molecule has 3 aromatic rings. The maximum absolute atomic E-state index is 14.3. The van der Waals surface area contributed by atoms with Gasteiger partial charge in [0, 0.05) is 0 Å². The first kappa shape index (κ1) is 19.9. The van der Waals surface area contributed by atoms with E-state index in [1.54, 1.807) is 6.07 Å². The Bertz CT molecular complexity index is 1030. The van der Waals surface area contributed by atoms with Gasteiger partial charge in [0.1, 0.15) is 22.8 Å². The molecule has 7 heteroatoms. The van der Waals surface area contributed by atoms with Gasteiger partial charge in [0.25, 0.3) is 0 Å². The lowest BCUT2D eigenvalue weighted by molar-refractivity contribution is 0.0728. The fourth-order valence-electron chi connectivity index (χ4n) is 2.73. The zero-order chi connectivity index (χ0) is 20.6. The Balaban J connectivity index is 1.98. The fourth-order valence-corrected chi connectivity index (χ4v) is 2.98. The molecule has 0 bridgehead atoms. The molecule has 0 unspecified atom stereocenters. The topological polar surface area (TPSA) is 72.6 Å². The maximum Gasteiger partial charge on any atom is 0.349 e. The Kier molecular flexibility index (Phi) is 5.17. The molecule has 0 atom stereocenters. The zero-order valence-corrected chi connectivity index (χ0v) is 16.6. The summed E-state index contributed by atoms with van der Waals surface area (Å²) >= 11 is 6.08. The summed E-state index contributed by atoms with van der Waals surface area (Å²) in [5.41, 5.74) is 0.521. The van der Waals surface area contributed by atoms with E-state index in [1.807, 2.05) is 20.8 Å². The average Bonchev–Trinajstić information content (AvgIpc) is 2.97. The van der Waals surface area contributed by atoms with Crippen molar-refractivity contribution < 1.29 is 23.6 Å². The molecule has 0 aliphatic rings. The molecule has 0 aliphatic carbocycles. The second-order valence-electron chi connectivity index (χ2n) is 7.38. The van der Waals surface area contributed by atoms with E-state index in [2.05, 4.69) is 5.16 Å². The second-order valence-corrected chi connectivity index (χ2v) is 7.79. The predicted molar refractivity (Wildman–Crippen MR) is 103 cm³/mol. The SMILES string of the molecule is Cc1onc(-c2c(F)cccc2Cl)c1C(=O)Oc1ccc(C(C)(C)C)cc1O. The Morgan fingerprint density at radius 1 is 1.25 bits per heavy atom. The highest BCUT2D eigenvalue weighted by Crippen LogP contribution is 2.36. The summed E-state index contributed by atoms with van der Waals surface area (Å²) in [6.07, 6.45) is 0. The smallest absolute Gasteiger partial charge is 0.349 e. The highest BCUT2D eigenvalue weighted by atomic mass is 35.5. The monoisotopic (exact) mass is 403 g/mol. The number of aryl methyl sites for hydroxylation is 1. The van der Waals surface area contributed by atoms with Crippen LogP contribution in [0.15, 0.2) is 40.9 Å². The van der Waals surface area contributed by atoms with Gasteiger partial charge in [-0.1, -0.05) is 49.7 Å². The van der Waals surface area contributed by atoms with E-state index in [0.717, 1.165) is 5.56 Å². The highest BCUT2D eigenvalue weighted by molar-refractivity contribution is 6.33. The number of phenols is 1. The van der Waals surface area contributed by atoms with E-state index in [0.29, 0.717) is 0 Å². The lowest BCUT2D eigenvalue weighted by atomic mass is 9.87. The number of ether oxygens (including phenoxy) is 1. The van der Waals surface area contributed by atoms with Crippen molar-refractivity contribution in [3.8, 4) is 22.8 Å². The van der Waals surface area contributed by atoms with Crippen molar-refractivity contribution in [1.82, 2.24) is 5.16 Å². The fraction of sp³-hybridized carbons (Fsp3) is 0.238. The number of benzene rings is 2. The van der Waals surface area contributed by atoms with Crippen LogP contribution in [0.25, 0.3) is 11.3 Å². The van der Waals surface area contributed by atoms with Crippen LogP contribution in [0.4, 0.5) is 4.39 Å². The molecule has 0 radical (unpaired) electrons. The van der Waals surface area contributed by atoms with Crippen LogP contribution in [-0.4, -0.2) is 16.2 Å². The van der Waals surface area contributed by atoms with Gasteiger partial charge in [-0.15, -0.1) is 0 Å². The van der Waals surface area contributed by atoms with Crippen molar-refractivity contribution in [2.75, 3.05) is 0 Å². The van der Waals surface area contributed by atoms with Gasteiger partial charge in [-0.2, -0.15) is 0 Å². The van der Waals surface area contributed by atoms with Crippen molar-refractivity contribution in [3.63, 3.8) is 0 Å². The van der Waals surface area contributed by atoms with Gasteiger partial charge in [-0.25, -0.2) is 9.18 Å². The van der Waals surface area contributed by atoms with Crippen molar-refractivity contribution in [1.29, 1.82) is 0 Å². The molecule has 1 heterocycles. The number of aromatic nitrogens is 1.